The highest BCUT2D eigenvalue weighted by Gasteiger charge is 2.13. The molecule has 0 aliphatic rings. The van der Waals surface area contributed by atoms with E-state index < -0.39 is 12.1 Å². The van der Waals surface area contributed by atoms with E-state index in [0.29, 0.717) is 5.75 Å². The number of methoxy groups -OCH3 is 1. The first kappa shape index (κ1) is 15.0. The molecule has 1 aromatic rings. The van der Waals surface area contributed by atoms with Gasteiger partial charge in [0.15, 0.2) is 0 Å². The van der Waals surface area contributed by atoms with Crippen molar-refractivity contribution < 1.29 is 19.4 Å². The Morgan fingerprint density at radius 2 is 2.39 bits per heavy atom. The van der Waals surface area contributed by atoms with Gasteiger partial charge in [-0.05, 0) is 11.4 Å². The van der Waals surface area contributed by atoms with Crippen LogP contribution in [0.5, 0.6) is 0 Å². The zero-order valence-corrected chi connectivity index (χ0v) is 11.6. The number of thiophene rings is 1. The van der Waals surface area contributed by atoms with Crippen LogP contribution in [0.3, 0.4) is 0 Å². The fraction of sp³-hybridized carbons (Fsp3) is 0.455. The molecule has 0 aliphatic carbocycles. The number of hydrogen-bond donors (Lipinski definition) is 2. The lowest BCUT2D eigenvalue weighted by molar-refractivity contribution is -0.140. The lowest BCUT2D eigenvalue weighted by atomic mass is 10.2. The molecule has 0 spiro atoms. The highest BCUT2D eigenvalue weighted by atomic mass is 32.2. The third-order valence-corrected chi connectivity index (χ3v) is 4.23. The summed E-state index contributed by atoms with van der Waals surface area (Å²) in [4.78, 5) is 22.0. The SMILES string of the molecule is COC(CNC(=O)CSc1cccs1)CC(=O)O. The van der Waals surface area contributed by atoms with Gasteiger partial charge in [-0.25, -0.2) is 0 Å². The second-order valence-corrected chi connectivity index (χ2v) is 5.70. The molecule has 0 radical (unpaired) electrons. The van der Waals surface area contributed by atoms with Crippen LogP contribution >= 0.6 is 23.1 Å². The van der Waals surface area contributed by atoms with Crippen molar-refractivity contribution in [2.75, 3.05) is 19.4 Å². The highest BCUT2D eigenvalue weighted by molar-refractivity contribution is 8.01. The predicted octanol–water partition coefficient (Wildman–Crippen LogP) is 1.45. The lowest BCUT2D eigenvalue weighted by Gasteiger charge is -2.13. The maximum Gasteiger partial charge on any atom is 0.306 e. The first-order chi connectivity index (χ1) is 8.61. The molecule has 1 heterocycles. The van der Waals surface area contributed by atoms with Gasteiger partial charge in [-0.15, -0.1) is 23.1 Å². The molecular weight excluding hydrogens is 274 g/mol. The molecule has 0 saturated carbocycles. The summed E-state index contributed by atoms with van der Waals surface area (Å²) >= 11 is 3.04. The third-order valence-electron chi connectivity index (χ3n) is 2.10. The van der Waals surface area contributed by atoms with Gasteiger partial charge in [0.25, 0.3) is 0 Å². The minimum atomic E-state index is -0.941. The fourth-order valence-corrected chi connectivity index (χ4v) is 2.81. The van der Waals surface area contributed by atoms with Crippen molar-refractivity contribution in [3.8, 4) is 0 Å². The summed E-state index contributed by atoms with van der Waals surface area (Å²) in [7, 11) is 1.43. The Hall–Kier alpha value is -1.05. The molecule has 18 heavy (non-hydrogen) atoms. The first-order valence-electron chi connectivity index (χ1n) is 5.29. The van der Waals surface area contributed by atoms with Gasteiger partial charge in [0.05, 0.1) is 22.5 Å². The maximum atomic E-state index is 11.5. The number of aliphatic carboxylic acids is 1. The van der Waals surface area contributed by atoms with Crippen LogP contribution in [0.15, 0.2) is 21.7 Å². The largest absolute Gasteiger partial charge is 0.481 e. The maximum absolute atomic E-state index is 11.5. The molecule has 0 aliphatic heterocycles. The van der Waals surface area contributed by atoms with Gasteiger partial charge in [0, 0.05) is 13.7 Å². The molecule has 100 valence electrons. The summed E-state index contributed by atoms with van der Waals surface area (Å²) in [6, 6.07) is 3.88. The summed E-state index contributed by atoms with van der Waals surface area (Å²) in [6.07, 6.45) is -0.604. The smallest absolute Gasteiger partial charge is 0.306 e. The van der Waals surface area contributed by atoms with Crippen LogP contribution in [-0.2, 0) is 14.3 Å². The normalized spacial score (nSPS) is 12.1. The van der Waals surface area contributed by atoms with Crippen LogP contribution in [0, 0.1) is 0 Å². The van der Waals surface area contributed by atoms with E-state index in [2.05, 4.69) is 5.32 Å². The molecule has 2 N–H and O–H groups in total. The predicted molar refractivity (Wildman–Crippen MR) is 71.1 cm³/mol. The monoisotopic (exact) mass is 289 g/mol. The number of hydrogen-bond acceptors (Lipinski definition) is 5. The molecule has 1 aromatic heterocycles. The van der Waals surface area contributed by atoms with E-state index in [-0.39, 0.29) is 18.9 Å². The summed E-state index contributed by atoms with van der Waals surface area (Å²) < 4.78 is 6.04. The van der Waals surface area contributed by atoms with Gasteiger partial charge in [-0.2, -0.15) is 0 Å². The van der Waals surface area contributed by atoms with Crippen molar-refractivity contribution in [3.63, 3.8) is 0 Å². The van der Waals surface area contributed by atoms with E-state index in [0.717, 1.165) is 4.21 Å². The van der Waals surface area contributed by atoms with Crippen molar-refractivity contribution in [3.05, 3.63) is 17.5 Å². The zero-order chi connectivity index (χ0) is 13.4. The number of ether oxygens (including phenoxy) is 1. The van der Waals surface area contributed by atoms with Crippen LogP contribution in [0.25, 0.3) is 0 Å². The number of carbonyl (C=O) groups excluding carboxylic acids is 1. The van der Waals surface area contributed by atoms with Crippen molar-refractivity contribution in [1.29, 1.82) is 0 Å². The van der Waals surface area contributed by atoms with E-state index in [1.165, 1.54) is 18.9 Å². The Morgan fingerprint density at radius 1 is 1.61 bits per heavy atom. The Morgan fingerprint density at radius 3 is 2.94 bits per heavy atom. The van der Waals surface area contributed by atoms with E-state index >= 15 is 0 Å². The van der Waals surface area contributed by atoms with E-state index in [9.17, 15) is 9.59 Å². The number of carboxylic acid groups (broad SMARTS) is 1. The lowest BCUT2D eigenvalue weighted by Crippen LogP contribution is -2.35. The summed E-state index contributed by atoms with van der Waals surface area (Å²) in [5.74, 6) is -0.741. The van der Waals surface area contributed by atoms with E-state index in [1.54, 1.807) is 11.3 Å². The van der Waals surface area contributed by atoms with Crippen LogP contribution in [0.4, 0.5) is 0 Å². The minimum absolute atomic E-state index is 0.116. The summed E-state index contributed by atoms with van der Waals surface area (Å²) in [6.45, 7) is 0.215. The molecule has 1 rings (SSSR count). The van der Waals surface area contributed by atoms with E-state index in [1.807, 2.05) is 17.5 Å². The van der Waals surface area contributed by atoms with E-state index in [4.69, 9.17) is 9.84 Å². The van der Waals surface area contributed by atoms with Gasteiger partial charge in [-0.3, -0.25) is 9.59 Å². The summed E-state index contributed by atoms with van der Waals surface area (Å²) in [5.41, 5.74) is 0. The van der Waals surface area contributed by atoms with Crippen LogP contribution < -0.4 is 5.32 Å². The fourth-order valence-electron chi connectivity index (χ4n) is 1.19. The second-order valence-electron chi connectivity index (χ2n) is 3.48. The van der Waals surface area contributed by atoms with Crippen molar-refractivity contribution in [2.24, 2.45) is 0 Å². The molecule has 1 amide bonds. The quantitative estimate of drug-likeness (QED) is 0.708. The molecule has 0 bridgehead atoms. The van der Waals surface area contributed by atoms with Crippen LogP contribution in [0.1, 0.15) is 6.42 Å². The topological polar surface area (TPSA) is 75.6 Å². The highest BCUT2D eigenvalue weighted by Crippen LogP contribution is 2.22. The second kappa shape index (κ2) is 8.12. The molecule has 7 heteroatoms. The average Bonchev–Trinajstić information content (AvgIpc) is 2.84. The zero-order valence-electron chi connectivity index (χ0n) is 9.92. The molecule has 5 nitrogen and oxygen atoms in total. The van der Waals surface area contributed by atoms with Gasteiger partial charge in [0.1, 0.15) is 0 Å². The molecule has 0 saturated heterocycles. The van der Waals surface area contributed by atoms with Crippen molar-refractivity contribution in [2.45, 2.75) is 16.7 Å². The van der Waals surface area contributed by atoms with Gasteiger partial charge < -0.3 is 15.2 Å². The van der Waals surface area contributed by atoms with Crippen molar-refractivity contribution in [1.82, 2.24) is 5.32 Å². The number of nitrogens with one attached hydrogen (secondary N) is 1. The number of amides is 1. The average molecular weight is 289 g/mol. The Labute approximate surface area is 114 Å². The molecular formula is C11H15NO4S2. The van der Waals surface area contributed by atoms with Crippen LogP contribution in [-0.4, -0.2) is 42.5 Å². The molecule has 1 atom stereocenters. The number of thioether (sulfide) groups is 1. The number of rotatable bonds is 8. The Balaban J connectivity index is 2.21. The Kier molecular flexibility index (Phi) is 6.77. The number of carbonyl (C=O) groups is 2. The summed E-state index contributed by atoms with van der Waals surface area (Å²) in [5, 5.41) is 13.2. The van der Waals surface area contributed by atoms with Crippen molar-refractivity contribution >= 4 is 35.0 Å². The minimum Gasteiger partial charge on any atom is -0.481 e. The first-order valence-corrected chi connectivity index (χ1v) is 7.16. The number of carboxylic acids is 1. The molecule has 0 aromatic carbocycles. The van der Waals surface area contributed by atoms with Gasteiger partial charge in [-0.1, -0.05) is 6.07 Å². The third kappa shape index (κ3) is 6.04. The molecule has 1 unspecified atom stereocenters. The Bertz CT molecular complexity index is 380. The molecule has 0 fully saturated rings. The van der Waals surface area contributed by atoms with Crippen LogP contribution in [0.2, 0.25) is 0 Å². The van der Waals surface area contributed by atoms with Gasteiger partial charge >= 0.3 is 5.97 Å². The van der Waals surface area contributed by atoms with Gasteiger partial charge in [0.2, 0.25) is 5.91 Å². The standard InChI is InChI=1S/C11H15NO4S2/c1-16-8(5-10(14)15)6-12-9(13)7-18-11-3-2-4-17-11/h2-4,8H,5-7H2,1H3,(H,12,13)(H,14,15).